The van der Waals surface area contributed by atoms with Crippen LogP contribution in [-0.4, -0.2) is 60.5 Å². The van der Waals surface area contributed by atoms with Crippen LogP contribution in [0.3, 0.4) is 0 Å². The van der Waals surface area contributed by atoms with Crippen molar-refractivity contribution in [2.45, 2.75) is 63.5 Å². The molecule has 0 N–H and O–H groups in total. The molecule has 4 aliphatic rings. The molecule has 2 atom stereocenters. The molecular formula is C18H28N2O3. The zero-order valence-electron chi connectivity index (χ0n) is 14.1. The summed E-state index contributed by atoms with van der Waals surface area (Å²) in [6.07, 6.45) is 7.86. The highest BCUT2D eigenvalue weighted by molar-refractivity contribution is 5.85. The van der Waals surface area contributed by atoms with Crippen molar-refractivity contribution in [2.75, 3.05) is 26.8 Å². The SMILES string of the molecule is COCCC1(C(=O)N2CC[C@H]3[C@@H](CCC(=O)N3C3CC3)C2)CC1. The second-order valence-corrected chi connectivity index (χ2v) is 7.96. The number of piperidine rings is 2. The first kappa shape index (κ1) is 15.4. The van der Waals surface area contributed by atoms with Crippen LogP contribution in [0.5, 0.6) is 0 Å². The lowest BCUT2D eigenvalue weighted by Gasteiger charge is -2.48. The number of ether oxygens (including phenoxy) is 1. The van der Waals surface area contributed by atoms with Crippen LogP contribution in [0.25, 0.3) is 0 Å². The van der Waals surface area contributed by atoms with Crippen LogP contribution in [0, 0.1) is 11.3 Å². The van der Waals surface area contributed by atoms with E-state index in [1.165, 1.54) is 12.8 Å². The van der Waals surface area contributed by atoms with Crippen LogP contribution in [-0.2, 0) is 14.3 Å². The third-order valence-electron chi connectivity index (χ3n) is 6.39. The molecule has 4 fully saturated rings. The van der Waals surface area contributed by atoms with Crippen LogP contribution in [0.1, 0.15) is 51.4 Å². The molecule has 4 rings (SSSR count). The molecule has 0 aromatic heterocycles. The molecule has 0 aromatic rings. The molecule has 23 heavy (non-hydrogen) atoms. The van der Waals surface area contributed by atoms with E-state index in [2.05, 4.69) is 9.80 Å². The quantitative estimate of drug-likeness (QED) is 0.776. The maximum absolute atomic E-state index is 12.9. The summed E-state index contributed by atoms with van der Waals surface area (Å²) in [7, 11) is 1.71. The van der Waals surface area contributed by atoms with E-state index in [9.17, 15) is 9.59 Å². The van der Waals surface area contributed by atoms with Gasteiger partial charge in [-0.1, -0.05) is 0 Å². The van der Waals surface area contributed by atoms with Gasteiger partial charge >= 0.3 is 0 Å². The number of carbonyl (C=O) groups excluding carboxylic acids is 2. The van der Waals surface area contributed by atoms with Crippen molar-refractivity contribution in [1.82, 2.24) is 9.80 Å². The Balaban J connectivity index is 1.41. The van der Waals surface area contributed by atoms with E-state index in [1.807, 2.05) is 0 Å². The summed E-state index contributed by atoms with van der Waals surface area (Å²) in [4.78, 5) is 29.5. The highest BCUT2D eigenvalue weighted by Gasteiger charge is 2.53. The zero-order chi connectivity index (χ0) is 16.0. The maximum atomic E-state index is 12.9. The van der Waals surface area contributed by atoms with Crippen molar-refractivity contribution in [2.24, 2.45) is 11.3 Å². The lowest BCUT2D eigenvalue weighted by Crippen LogP contribution is -2.58. The summed E-state index contributed by atoms with van der Waals surface area (Å²) in [6, 6.07) is 0.899. The summed E-state index contributed by atoms with van der Waals surface area (Å²) in [5.74, 6) is 1.19. The van der Waals surface area contributed by atoms with Crippen molar-refractivity contribution < 1.29 is 14.3 Å². The van der Waals surface area contributed by atoms with E-state index >= 15 is 0 Å². The van der Waals surface area contributed by atoms with Crippen LogP contribution in [0.4, 0.5) is 0 Å². The minimum absolute atomic E-state index is 0.122. The van der Waals surface area contributed by atoms with Crippen LogP contribution < -0.4 is 0 Å². The van der Waals surface area contributed by atoms with E-state index < -0.39 is 0 Å². The number of amides is 2. The summed E-state index contributed by atoms with van der Waals surface area (Å²) in [6.45, 7) is 2.36. The molecule has 0 bridgehead atoms. The monoisotopic (exact) mass is 320 g/mol. The second kappa shape index (κ2) is 5.76. The van der Waals surface area contributed by atoms with E-state index in [4.69, 9.17) is 4.74 Å². The lowest BCUT2D eigenvalue weighted by atomic mass is 9.82. The third-order valence-corrected chi connectivity index (χ3v) is 6.39. The molecule has 2 saturated carbocycles. The van der Waals surface area contributed by atoms with Crippen LogP contribution >= 0.6 is 0 Å². The number of hydrogen-bond donors (Lipinski definition) is 0. The Morgan fingerprint density at radius 2 is 2.04 bits per heavy atom. The van der Waals surface area contributed by atoms with E-state index in [-0.39, 0.29) is 5.41 Å². The van der Waals surface area contributed by atoms with Crippen molar-refractivity contribution in [3.8, 4) is 0 Å². The van der Waals surface area contributed by atoms with Crippen LogP contribution in [0.2, 0.25) is 0 Å². The fourth-order valence-corrected chi connectivity index (χ4v) is 4.66. The Kier molecular flexibility index (Phi) is 3.87. The number of rotatable bonds is 5. The van der Waals surface area contributed by atoms with Gasteiger partial charge in [-0.15, -0.1) is 0 Å². The first-order valence-corrected chi connectivity index (χ1v) is 9.24. The molecule has 2 saturated heterocycles. The van der Waals surface area contributed by atoms with Gasteiger partial charge in [-0.05, 0) is 50.9 Å². The highest BCUT2D eigenvalue weighted by Crippen LogP contribution is 2.51. The first-order chi connectivity index (χ1) is 11.1. The molecule has 5 nitrogen and oxygen atoms in total. The van der Waals surface area contributed by atoms with Gasteiger partial charge in [0.25, 0.3) is 0 Å². The number of fused-ring (bicyclic) bond motifs is 1. The van der Waals surface area contributed by atoms with E-state index in [0.29, 0.717) is 42.8 Å². The molecule has 5 heteroatoms. The summed E-state index contributed by atoms with van der Waals surface area (Å²) < 4.78 is 5.19. The molecular weight excluding hydrogens is 292 g/mol. The molecule has 2 heterocycles. The van der Waals surface area contributed by atoms with E-state index in [0.717, 1.165) is 45.2 Å². The average Bonchev–Trinajstić information content (AvgIpc) is 3.46. The Bertz CT molecular complexity index is 498. The highest BCUT2D eigenvalue weighted by atomic mass is 16.5. The number of nitrogens with zero attached hydrogens (tertiary/aromatic N) is 2. The van der Waals surface area contributed by atoms with Gasteiger partial charge in [-0.3, -0.25) is 9.59 Å². The fraction of sp³-hybridized carbons (Fsp3) is 0.889. The van der Waals surface area contributed by atoms with Gasteiger partial charge in [-0.25, -0.2) is 0 Å². The Hall–Kier alpha value is -1.10. The molecule has 0 aromatic carbocycles. The first-order valence-electron chi connectivity index (χ1n) is 9.24. The van der Waals surface area contributed by atoms with Gasteiger partial charge in [0.1, 0.15) is 0 Å². The average molecular weight is 320 g/mol. The Labute approximate surface area is 138 Å². The van der Waals surface area contributed by atoms with Gasteiger partial charge < -0.3 is 14.5 Å². The van der Waals surface area contributed by atoms with Crippen molar-refractivity contribution in [1.29, 1.82) is 0 Å². The second-order valence-electron chi connectivity index (χ2n) is 7.96. The van der Waals surface area contributed by atoms with Crippen molar-refractivity contribution >= 4 is 11.8 Å². The number of likely N-dealkylation sites (tertiary alicyclic amines) is 2. The van der Waals surface area contributed by atoms with Gasteiger partial charge in [0.2, 0.25) is 11.8 Å². The molecule has 2 aliphatic heterocycles. The topological polar surface area (TPSA) is 49.9 Å². The predicted molar refractivity (Wildman–Crippen MR) is 85.7 cm³/mol. The summed E-state index contributed by atoms with van der Waals surface area (Å²) in [5, 5.41) is 0. The van der Waals surface area contributed by atoms with E-state index in [1.54, 1.807) is 7.11 Å². The molecule has 0 radical (unpaired) electrons. The zero-order valence-corrected chi connectivity index (χ0v) is 14.1. The smallest absolute Gasteiger partial charge is 0.228 e. The van der Waals surface area contributed by atoms with Gasteiger partial charge in [0.15, 0.2) is 0 Å². The number of methoxy groups -OCH3 is 1. The maximum Gasteiger partial charge on any atom is 0.228 e. The molecule has 128 valence electrons. The minimum atomic E-state index is -0.122. The van der Waals surface area contributed by atoms with Crippen molar-refractivity contribution in [3.63, 3.8) is 0 Å². The standard InChI is InChI=1S/C18H28N2O3/c1-23-11-9-18(7-8-18)17(22)19-10-6-15-13(12-19)2-5-16(21)20(15)14-3-4-14/h13-15H,2-12H2,1H3/t13-,15-/m0/s1. The van der Waals surface area contributed by atoms with Crippen molar-refractivity contribution in [3.05, 3.63) is 0 Å². The predicted octanol–water partition coefficient (Wildman–Crippen LogP) is 1.80. The van der Waals surface area contributed by atoms with Gasteiger partial charge in [0, 0.05) is 45.3 Å². The largest absolute Gasteiger partial charge is 0.385 e. The molecule has 0 unspecified atom stereocenters. The summed E-state index contributed by atoms with van der Waals surface area (Å²) >= 11 is 0. The molecule has 2 aliphatic carbocycles. The lowest BCUT2D eigenvalue weighted by molar-refractivity contribution is -0.147. The normalized spacial score (nSPS) is 32.7. The third kappa shape index (κ3) is 2.77. The Morgan fingerprint density at radius 3 is 2.70 bits per heavy atom. The fourth-order valence-electron chi connectivity index (χ4n) is 4.66. The summed E-state index contributed by atoms with van der Waals surface area (Å²) in [5.41, 5.74) is -0.122. The number of carbonyl (C=O) groups is 2. The number of hydrogen-bond acceptors (Lipinski definition) is 3. The minimum Gasteiger partial charge on any atom is -0.385 e. The Morgan fingerprint density at radius 1 is 1.26 bits per heavy atom. The molecule has 0 spiro atoms. The van der Waals surface area contributed by atoms with Gasteiger partial charge in [-0.2, -0.15) is 0 Å². The van der Waals surface area contributed by atoms with Gasteiger partial charge in [0.05, 0.1) is 5.41 Å². The molecule has 2 amide bonds. The van der Waals surface area contributed by atoms with Crippen LogP contribution in [0.15, 0.2) is 0 Å².